The molecule has 1 aliphatic rings. The van der Waals surface area contributed by atoms with Gasteiger partial charge in [-0.05, 0) is 37.6 Å². The van der Waals surface area contributed by atoms with Crippen molar-refractivity contribution in [1.82, 2.24) is 29.5 Å². The first-order valence-electron chi connectivity index (χ1n) is 11.5. The summed E-state index contributed by atoms with van der Waals surface area (Å²) in [6.45, 7) is 3.45. The van der Waals surface area contributed by atoms with E-state index in [1.807, 2.05) is 6.92 Å². The second-order valence-corrected chi connectivity index (χ2v) is 11.7. The fourth-order valence-electron chi connectivity index (χ4n) is 4.31. The Labute approximate surface area is 221 Å². The van der Waals surface area contributed by atoms with Gasteiger partial charge in [-0.2, -0.15) is 10.1 Å². The van der Waals surface area contributed by atoms with Crippen LogP contribution in [0.15, 0.2) is 24.4 Å². The van der Waals surface area contributed by atoms with E-state index in [1.165, 1.54) is 41.5 Å². The Hall–Kier alpha value is -3.85. The number of aryl methyl sites for hydroxylation is 2. The Balaban J connectivity index is 1.46. The molecule has 0 bridgehead atoms. The average molecular weight is 562 g/mol. The van der Waals surface area contributed by atoms with E-state index in [2.05, 4.69) is 24.8 Å². The average Bonchev–Trinajstić information content (AvgIpc) is 3.37. The molecule has 0 saturated heterocycles. The lowest BCUT2D eigenvalue weighted by Gasteiger charge is -2.35. The number of anilines is 1. The van der Waals surface area contributed by atoms with Gasteiger partial charge in [-0.15, -0.1) is 0 Å². The number of imidazole rings is 1. The van der Waals surface area contributed by atoms with Gasteiger partial charge in [0.15, 0.2) is 12.4 Å². The Kier molecular flexibility index (Phi) is 6.65. The smallest absolute Gasteiger partial charge is 0.261 e. The molecule has 5 heterocycles. The Morgan fingerprint density at radius 2 is 2.08 bits per heavy atom. The summed E-state index contributed by atoms with van der Waals surface area (Å²) in [5, 5.41) is 5.32. The van der Waals surface area contributed by atoms with Gasteiger partial charge in [0.1, 0.15) is 28.4 Å². The fourth-order valence-corrected chi connectivity index (χ4v) is 5.57. The van der Waals surface area contributed by atoms with Crippen molar-refractivity contribution in [2.24, 2.45) is 0 Å². The van der Waals surface area contributed by atoms with Crippen molar-refractivity contribution < 1.29 is 27.1 Å². The lowest BCUT2D eigenvalue weighted by molar-refractivity contribution is -0.135. The number of fused-ring (bicyclic) bond motifs is 3. The van der Waals surface area contributed by atoms with Gasteiger partial charge in [0, 0.05) is 19.2 Å². The van der Waals surface area contributed by atoms with Crippen LogP contribution in [0, 0.1) is 19.7 Å². The highest BCUT2D eigenvalue weighted by molar-refractivity contribution is 7.92. The van der Waals surface area contributed by atoms with Crippen molar-refractivity contribution in [1.29, 1.82) is 0 Å². The molecular formula is C23H24FN7O5S2. The van der Waals surface area contributed by atoms with Crippen LogP contribution in [-0.4, -0.2) is 70.3 Å². The predicted molar refractivity (Wildman–Crippen MR) is 137 cm³/mol. The molecule has 0 unspecified atom stereocenters. The fraction of sp³-hybridized carbons (Fsp3) is 0.348. The van der Waals surface area contributed by atoms with Gasteiger partial charge in [0.05, 0.1) is 24.8 Å². The van der Waals surface area contributed by atoms with Gasteiger partial charge in [-0.3, -0.25) is 14.5 Å². The van der Waals surface area contributed by atoms with Gasteiger partial charge < -0.3 is 14.4 Å². The largest absolute Gasteiger partial charge is 0.478 e. The quantitative estimate of drug-likeness (QED) is 0.360. The molecule has 4 aromatic heterocycles. The molecule has 0 fully saturated rings. The highest BCUT2D eigenvalue weighted by atomic mass is 32.2. The van der Waals surface area contributed by atoms with Crippen molar-refractivity contribution in [3.05, 3.63) is 57.9 Å². The van der Waals surface area contributed by atoms with Crippen LogP contribution in [-0.2, 0) is 21.2 Å². The number of ether oxygens (including phenoxy) is 2. The predicted octanol–water partition coefficient (Wildman–Crippen LogP) is 2.27. The summed E-state index contributed by atoms with van der Waals surface area (Å²) in [5.41, 5.74) is 2.07. The number of nitrogens with zero attached hydrogens (tertiary/aromatic N) is 6. The SMILES string of the molecule is COc1nc(NS(C)(=O)=O)ccc1OCC(=O)N1CCc2nc3sc(C)nn3c2[C@H]1c1ncc(C)cc1F. The third kappa shape index (κ3) is 4.98. The number of sulfonamides is 1. The van der Waals surface area contributed by atoms with Gasteiger partial charge in [0.25, 0.3) is 11.8 Å². The zero-order valence-electron chi connectivity index (χ0n) is 20.9. The number of rotatable bonds is 7. The molecule has 0 radical (unpaired) electrons. The molecule has 0 saturated carbocycles. The van der Waals surface area contributed by atoms with Crippen LogP contribution >= 0.6 is 11.3 Å². The van der Waals surface area contributed by atoms with Crippen LogP contribution in [0.3, 0.4) is 0 Å². The Bertz CT molecular complexity index is 1650. The standard InChI is InChI=1S/C23H24FN7O5S2/c1-12-9-14(24)19(25-10-12)21-20-15(26-23-31(20)28-13(2)37-23)7-8-30(21)18(32)11-36-16-5-6-17(27-22(16)35-3)29-38(4,33)34/h5-6,9-10,21H,7-8,11H2,1-4H3,(H,27,29)/t21-/m1/s1. The second-order valence-electron chi connectivity index (χ2n) is 8.75. The maximum atomic E-state index is 15.2. The zero-order chi connectivity index (χ0) is 27.2. The number of pyridine rings is 2. The number of nitrogens with one attached hydrogen (secondary N) is 1. The molecule has 1 N–H and O–H groups in total. The number of amides is 1. The first-order valence-corrected chi connectivity index (χ1v) is 14.2. The minimum atomic E-state index is -3.55. The monoisotopic (exact) mass is 561 g/mol. The highest BCUT2D eigenvalue weighted by Crippen LogP contribution is 2.37. The Morgan fingerprint density at radius 1 is 1.29 bits per heavy atom. The minimum Gasteiger partial charge on any atom is -0.478 e. The molecule has 200 valence electrons. The number of hydrogen-bond donors (Lipinski definition) is 1. The lowest BCUT2D eigenvalue weighted by atomic mass is 9.98. The third-order valence-corrected chi connectivity index (χ3v) is 7.22. The van der Waals surface area contributed by atoms with Crippen LogP contribution in [0.4, 0.5) is 10.2 Å². The molecule has 0 spiro atoms. The van der Waals surface area contributed by atoms with Crippen molar-refractivity contribution in [2.45, 2.75) is 26.3 Å². The molecule has 1 amide bonds. The van der Waals surface area contributed by atoms with E-state index >= 15 is 4.39 Å². The van der Waals surface area contributed by atoms with Gasteiger partial charge in [-0.1, -0.05) is 11.3 Å². The summed E-state index contributed by atoms with van der Waals surface area (Å²) < 4.78 is 53.1. The van der Waals surface area contributed by atoms with Crippen molar-refractivity contribution in [2.75, 3.05) is 31.2 Å². The number of halogens is 1. The van der Waals surface area contributed by atoms with E-state index in [4.69, 9.17) is 9.47 Å². The zero-order valence-corrected chi connectivity index (χ0v) is 22.6. The minimum absolute atomic E-state index is 0.00868. The molecule has 1 atom stereocenters. The molecule has 4 aromatic rings. The van der Waals surface area contributed by atoms with Crippen molar-refractivity contribution in [3.8, 4) is 11.6 Å². The summed E-state index contributed by atoms with van der Waals surface area (Å²) >= 11 is 1.41. The lowest BCUT2D eigenvalue weighted by Crippen LogP contribution is -2.44. The third-order valence-electron chi connectivity index (χ3n) is 5.82. The van der Waals surface area contributed by atoms with Gasteiger partial charge >= 0.3 is 0 Å². The second kappa shape index (κ2) is 9.79. The first kappa shape index (κ1) is 25.8. The summed E-state index contributed by atoms with van der Waals surface area (Å²) in [6, 6.07) is 3.34. The number of carbonyl (C=O) groups excluding carboxylic acids is 1. The summed E-state index contributed by atoms with van der Waals surface area (Å²) in [4.78, 5) is 28.8. The van der Waals surface area contributed by atoms with E-state index in [0.29, 0.717) is 22.6 Å². The van der Waals surface area contributed by atoms with E-state index in [0.717, 1.165) is 17.0 Å². The van der Waals surface area contributed by atoms with E-state index in [9.17, 15) is 13.2 Å². The molecule has 15 heteroatoms. The molecule has 0 aliphatic carbocycles. The molecule has 0 aromatic carbocycles. The number of hydrogen-bond acceptors (Lipinski definition) is 10. The van der Waals surface area contributed by atoms with E-state index in [1.54, 1.807) is 17.6 Å². The maximum Gasteiger partial charge on any atom is 0.261 e. The van der Waals surface area contributed by atoms with Crippen LogP contribution in [0.25, 0.3) is 4.96 Å². The van der Waals surface area contributed by atoms with Crippen molar-refractivity contribution >= 4 is 38.0 Å². The molecule has 12 nitrogen and oxygen atoms in total. The van der Waals surface area contributed by atoms with Crippen LogP contribution in [0.5, 0.6) is 11.6 Å². The van der Waals surface area contributed by atoms with Crippen LogP contribution < -0.4 is 14.2 Å². The molecular weight excluding hydrogens is 537 g/mol. The number of methoxy groups -OCH3 is 1. The van der Waals surface area contributed by atoms with Crippen molar-refractivity contribution in [3.63, 3.8) is 0 Å². The summed E-state index contributed by atoms with van der Waals surface area (Å²) in [6.07, 6.45) is 3.01. The van der Waals surface area contributed by atoms with E-state index < -0.39 is 34.4 Å². The molecule has 38 heavy (non-hydrogen) atoms. The number of aromatic nitrogens is 5. The Morgan fingerprint density at radius 3 is 2.79 bits per heavy atom. The topological polar surface area (TPSA) is 141 Å². The molecule has 5 rings (SSSR count). The highest BCUT2D eigenvalue weighted by Gasteiger charge is 2.39. The summed E-state index contributed by atoms with van der Waals surface area (Å²) in [5.74, 6) is -0.801. The van der Waals surface area contributed by atoms with E-state index in [-0.39, 0.29) is 29.7 Å². The van der Waals surface area contributed by atoms with Gasteiger partial charge in [-0.25, -0.2) is 22.3 Å². The normalized spacial score (nSPS) is 15.4. The van der Waals surface area contributed by atoms with Gasteiger partial charge in [0.2, 0.25) is 15.0 Å². The maximum absolute atomic E-state index is 15.2. The molecule has 1 aliphatic heterocycles. The number of carbonyl (C=O) groups is 1. The summed E-state index contributed by atoms with van der Waals surface area (Å²) in [7, 11) is -2.20. The van der Waals surface area contributed by atoms with Crippen LogP contribution in [0.2, 0.25) is 0 Å². The van der Waals surface area contributed by atoms with Crippen LogP contribution in [0.1, 0.15) is 33.7 Å². The first-order chi connectivity index (χ1) is 18.0.